The molecule has 1 heterocycles. The molecule has 0 spiro atoms. The fraction of sp³-hybridized carbons (Fsp3) is 0.0556. The zero-order valence-electron chi connectivity index (χ0n) is 13.1. The van der Waals surface area contributed by atoms with Gasteiger partial charge in [0.15, 0.2) is 5.69 Å². The third kappa shape index (κ3) is 4.78. The van der Waals surface area contributed by atoms with Gasteiger partial charge >= 0.3 is 0 Å². The van der Waals surface area contributed by atoms with Gasteiger partial charge in [0.1, 0.15) is 0 Å². The Labute approximate surface area is 158 Å². The standard InChI is InChI=1S/C18H14BrClN4O/c19-16-12-24(11-14-6-8-15(20)9-7-14)23-17(16)18(25)22-21-10-13-4-2-1-3-5-13/h1-10,12H,11H2,(H,22,25)/b21-10-. The molecule has 1 N–H and O–H groups in total. The molecule has 0 unspecified atom stereocenters. The number of hydrazone groups is 1. The summed E-state index contributed by atoms with van der Waals surface area (Å²) in [5.74, 6) is -0.381. The van der Waals surface area contributed by atoms with E-state index < -0.39 is 0 Å². The molecule has 25 heavy (non-hydrogen) atoms. The summed E-state index contributed by atoms with van der Waals surface area (Å²) in [5, 5.41) is 8.94. The SMILES string of the molecule is O=C(N/N=C\c1ccccc1)c1nn(Cc2ccc(Cl)cc2)cc1Br. The van der Waals surface area contributed by atoms with Crippen LogP contribution >= 0.6 is 27.5 Å². The van der Waals surface area contributed by atoms with Crippen LogP contribution in [0.2, 0.25) is 5.02 Å². The Hall–Kier alpha value is -2.44. The van der Waals surface area contributed by atoms with E-state index in [1.807, 2.05) is 54.6 Å². The van der Waals surface area contributed by atoms with Gasteiger partial charge in [0.25, 0.3) is 5.91 Å². The van der Waals surface area contributed by atoms with Crippen LogP contribution in [0.25, 0.3) is 0 Å². The van der Waals surface area contributed by atoms with Gasteiger partial charge in [-0.1, -0.05) is 54.1 Å². The topological polar surface area (TPSA) is 59.3 Å². The number of aromatic nitrogens is 2. The normalized spacial score (nSPS) is 11.0. The molecule has 126 valence electrons. The molecule has 5 nitrogen and oxygen atoms in total. The highest BCUT2D eigenvalue weighted by molar-refractivity contribution is 9.10. The second kappa shape index (κ2) is 8.09. The molecule has 0 fully saturated rings. The monoisotopic (exact) mass is 416 g/mol. The first-order valence-corrected chi connectivity index (χ1v) is 8.65. The Morgan fingerprint density at radius 1 is 1.20 bits per heavy atom. The molecular weight excluding hydrogens is 404 g/mol. The van der Waals surface area contributed by atoms with Gasteiger partial charge in [0, 0.05) is 11.2 Å². The number of nitrogens with one attached hydrogen (secondary N) is 1. The van der Waals surface area contributed by atoms with Crippen molar-refractivity contribution in [3.63, 3.8) is 0 Å². The van der Waals surface area contributed by atoms with Crippen LogP contribution in [0.3, 0.4) is 0 Å². The molecule has 0 saturated heterocycles. The maximum Gasteiger partial charge on any atom is 0.293 e. The lowest BCUT2D eigenvalue weighted by Gasteiger charge is -2.01. The fourth-order valence-corrected chi connectivity index (χ4v) is 2.79. The maximum atomic E-state index is 12.2. The molecule has 3 rings (SSSR count). The maximum absolute atomic E-state index is 12.2. The number of carbonyl (C=O) groups excluding carboxylic acids is 1. The minimum absolute atomic E-state index is 0.277. The summed E-state index contributed by atoms with van der Waals surface area (Å²) in [6, 6.07) is 17.0. The highest BCUT2D eigenvalue weighted by Crippen LogP contribution is 2.16. The van der Waals surface area contributed by atoms with Gasteiger partial charge < -0.3 is 0 Å². The Bertz CT molecular complexity index is 891. The number of nitrogens with zero attached hydrogens (tertiary/aromatic N) is 3. The van der Waals surface area contributed by atoms with Crippen LogP contribution in [-0.4, -0.2) is 21.9 Å². The van der Waals surface area contributed by atoms with E-state index in [1.165, 1.54) is 0 Å². The summed E-state index contributed by atoms with van der Waals surface area (Å²) >= 11 is 9.24. The first kappa shape index (κ1) is 17.4. The Balaban J connectivity index is 1.66. The minimum Gasteiger partial charge on any atom is -0.266 e. The Morgan fingerprint density at radius 3 is 2.64 bits per heavy atom. The zero-order valence-corrected chi connectivity index (χ0v) is 15.4. The number of hydrogen-bond donors (Lipinski definition) is 1. The second-order valence-electron chi connectivity index (χ2n) is 5.26. The lowest BCUT2D eigenvalue weighted by molar-refractivity contribution is 0.0948. The number of benzene rings is 2. The first-order chi connectivity index (χ1) is 12.1. The van der Waals surface area contributed by atoms with Gasteiger partial charge in [-0.15, -0.1) is 0 Å². The average molecular weight is 418 g/mol. The number of amides is 1. The molecular formula is C18H14BrClN4O. The van der Waals surface area contributed by atoms with Crippen molar-refractivity contribution in [1.82, 2.24) is 15.2 Å². The molecule has 1 aromatic heterocycles. The number of halogens is 2. The highest BCUT2D eigenvalue weighted by Gasteiger charge is 2.14. The van der Waals surface area contributed by atoms with Gasteiger partial charge in [-0.3, -0.25) is 9.48 Å². The van der Waals surface area contributed by atoms with Crippen LogP contribution in [0.5, 0.6) is 0 Å². The van der Waals surface area contributed by atoms with Crippen molar-refractivity contribution in [2.45, 2.75) is 6.54 Å². The molecule has 1 amide bonds. The predicted octanol–water partition coefficient (Wildman–Crippen LogP) is 4.11. The van der Waals surface area contributed by atoms with Crippen molar-refractivity contribution >= 4 is 39.7 Å². The molecule has 2 aromatic carbocycles. The van der Waals surface area contributed by atoms with Gasteiger partial charge in [-0.05, 0) is 39.2 Å². The molecule has 3 aromatic rings. The number of carbonyl (C=O) groups is 1. The lowest BCUT2D eigenvalue weighted by atomic mass is 10.2. The van der Waals surface area contributed by atoms with E-state index in [1.54, 1.807) is 17.1 Å². The average Bonchev–Trinajstić information content (AvgIpc) is 2.98. The molecule has 0 bridgehead atoms. The summed E-state index contributed by atoms with van der Waals surface area (Å²) in [5.41, 5.74) is 4.69. The van der Waals surface area contributed by atoms with E-state index in [-0.39, 0.29) is 11.6 Å². The molecule has 7 heteroatoms. The zero-order chi connectivity index (χ0) is 17.6. The van der Waals surface area contributed by atoms with Crippen molar-refractivity contribution in [3.05, 3.63) is 87.1 Å². The Kier molecular flexibility index (Phi) is 5.63. The van der Waals surface area contributed by atoms with Crippen molar-refractivity contribution in [2.24, 2.45) is 5.10 Å². The van der Waals surface area contributed by atoms with Gasteiger partial charge in [-0.25, -0.2) is 5.43 Å². The lowest BCUT2D eigenvalue weighted by Crippen LogP contribution is -2.19. The van der Waals surface area contributed by atoms with E-state index in [9.17, 15) is 4.79 Å². The second-order valence-corrected chi connectivity index (χ2v) is 6.55. The third-order valence-electron chi connectivity index (χ3n) is 3.37. The van der Waals surface area contributed by atoms with E-state index in [0.29, 0.717) is 16.0 Å². The summed E-state index contributed by atoms with van der Waals surface area (Å²) in [6.45, 7) is 0.538. The van der Waals surface area contributed by atoms with E-state index in [4.69, 9.17) is 11.6 Å². The smallest absolute Gasteiger partial charge is 0.266 e. The van der Waals surface area contributed by atoms with Crippen LogP contribution < -0.4 is 5.43 Å². The summed E-state index contributed by atoms with van der Waals surface area (Å²) in [7, 11) is 0. The van der Waals surface area contributed by atoms with Crippen LogP contribution in [0.15, 0.2) is 70.4 Å². The van der Waals surface area contributed by atoms with Crippen LogP contribution in [0, 0.1) is 0 Å². The van der Waals surface area contributed by atoms with Crippen LogP contribution in [0.1, 0.15) is 21.6 Å². The molecule has 0 aliphatic carbocycles. The molecule has 0 saturated carbocycles. The highest BCUT2D eigenvalue weighted by atomic mass is 79.9. The number of hydrogen-bond acceptors (Lipinski definition) is 3. The van der Waals surface area contributed by atoms with Crippen molar-refractivity contribution in [1.29, 1.82) is 0 Å². The van der Waals surface area contributed by atoms with Gasteiger partial charge in [-0.2, -0.15) is 10.2 Å². The van der Waals surface area contributed by atoms with Crippen molar-refractivity contribution < 1.29 is 4.79 Å². The minimum atomic E-state index is -0.381. The summed E-state index contributed by atoms with van der Waals surface area (Å²) < 4.78 is 2.29. The Morgan fingerprint density at radius 2 is 1.92 bits per heavy atom. The van der Waals surface area contributed by atoms with E-state index in [2.05, 4.69) is 31.6 Å². The molecule has 0 aliphatic heterocycles. The fourth-order valence-electron chi connectivity index (χ4n) is 2.17. The summed E-state index contributed by atoms with van der Waals surface area (Å²) in [6.07, 6.45) is 3.33. The van der Waals surface area contributed by atoms with Crippen molar-refractivity contribution in [3.8, 4) is 0 Å². The van der Waals surface area contributed by atoms with E-state index >= 15 is 0 Å². The van der Waals surface area contributed by atoms with Crippen LogP contribution in [0.4, 0.5) is 0 Å². The van der Waals surface area contributed by atoms with E-state index in [0.717, 1.165) is 11.1 Å². The van der Waals surface area contributed by atoms with Gasteiger partial charge in [0.2, 0.25) is 0 Å². The van der Waals surface area contributed by atoms with Gasteiger partial charge in [0.05, 0.1) is 17.2 Å². The molecule has 0 aliphatic rings. The first-order valence-electron chi connectivity index (χ1n) is 7.47. The molecule has 0 radical (unpaired) electrons. The van der Waals surface area contributed by atoms with Crippen molar-refractivity contribution in [2.75, 3.05) is 0 Å². The predicted molar refractivity (Wildman–Crippen MR) is 102 cm³/mol. The largest absolute Gasteiger partial charge is 0.293 e. The quantitative estimate of drug-likeness (QED) is 0.502. The van der Waals surface area contributed by atoms with Crippen LogP contribution in [-0.2, 0) is 6.54 Å². The number of rotatable bonds is 5. The molecule has 0 atom stereocenters. The third-order valence-corrected chi connectivity index (χ3v) is 4.20. The summed E-state index contributed by atoms with van der Waals surface area (Å²) in [4.78, 5) is 12.2.